The molecule has 0 aliphatic carbocycles. The number of carbonyl (C=O) groups excluding carboxylic acids is 1. The van der Waals surface area contributed by atoms with Crippen molar-refractivity contribution in [2.24, 2.45) is 0 Å². The number of benzene rings is 2. The van der Waals surface area contributed by atoms with Crippen LogP contribution in [-0.2, 0) is 0 Å². The third-order valence-corrected chi connectivity index (χ3v) is 4.73. The van der Waals surface area contributed by atoms with Crippen molar-refractivity contribution in [3.05, 3.63) is 54.1 Å². The van der Waals surface area contributed by atoms with E-state index >= 15 is 0 Å². The normalized spacial score (nSPS) is 18.8. The molecule has 0 atom stereocenters. The van der Waals surface area contributed by atoms with Crippen LogP contribution >= 0.6 is 0 Å². The number of hydrogen-bond donors (Lipinski definition) is 0. The summed E-state index contributed by atoms with van der Waals surface area (Å²) in [5.41, 5.74) is 1.52. The van der Waals surface area contributed by atoms with Crippen molar-refractivity contribution in [1.82, 2.24) is 4.90 Å². The first-order chi connectivity index (χ1) is 11.2. The van der Waals surface area contributed by atoms with Gasteiger partial charge in [0.1, 0.15) is 5.75 Å². The van der Waals surface area contributed by atoms with Crippen LogP contribution in [-0.4, -0.2) is 37.0 Å². The summed E-state index contributed by atoms with van der Waals surface area (Å²) in [5.74, 6) is 1.44. The van der Waals surface area contributed by atoms with Crippen LogP contribution in [0.1, 0.15) is 23.2 Å². The van der Waals surface area contributed by atoms with E-state index < -0.39 is 0 Å². The molecular weight excluding hydrogens is 288 g/mol. The molecule has 1 amide bonds. The molecule has 0 N–H and O–H groups in total. The van der Waals surface area contributed by atoms with Crippen LogP contribution < -0.4 is 9.64 Å². The number of anilines is 1. The molecule has 4 nitrogen and oxygen atoms in total. The van der Waals surface area contributed by atoms with E-state index in [2.05, 4.69) is 11.9 Å². The van der Waals surface area contributed by atoms with Crippen molar-refractivity contribution in [2.45, 2.75) is 18.9 Å². The average Bonchev–Trinajstić information content (AvgIpc) is 2.70. The van der Waals surface area contributed by atoms with E-state index in [0.29, 0.717) is 11.3 Å². The van der Waals surface area contributed by atoms with E-state index in [-0.39, 0.29) is 11.9 Å². The van der Waals surface area contributed by atoms with Crippen LogP contribution in [0.2, 0.25) is 0 Å². The largest absolute Gasteiger partial charge is 0.454 e. The van der Waals surface area contributed by atoms with Gasteiger partial charge in [0.2, 0.25) is 0 Å². The first kappa shape index (κ1) is 14.3. The van der Waals surface area contributed by atoms with Gasteiger partial charge in [-0.15, -0.1) is 0 Å². The predicted octanol–water partition coefficient (Wildman–Crippen LogP) is 3.53. The highest BCUT2D eigenvalue weighted by Crippen LogP contribution is 2.40. The van der Waals surface area contributed by atoms with Crippen molar-refractivity contribution in [3.8, 4) is 11.5 Å². The van der Waals surface area contributed by atoms with Crippen molar-refractivity contribution >= 4 is 11.6 Å². The lowest BCUT2D eigenvalue weighted by Crippen LogP contribution is -2.46. The van der Waals surface area contributed by atoms with Crippen LogP contribution in [0.25, 0.3) is 0 Å². The highest BCUT2D eigenvalue weighted by Gasteiger charge is 2.34. The average molecular weight is 308 g/mol. The molecule has 0 radical (unpaired) electrons. The highest BCUT2D eigenvalue weighted by atomic mass is 16.5. The molecule has 2 aliphatic rings. The van der Waals surface area contributed by atoms with Crippen molar-refractivity contribution in [1.29, 1.82) is 0 Å². The quantitative estimate of drug-likeness (QED) is 0.808. The third kappa shape index (κ3) is 2.49. The van der Waals surface area contributed by atoms with Gasteiger partial charge in [0.05, 0.1) is 11.3 Å². The molecule has 23 heavy (non-hydrogen) atoms. The number of ether oxygens (including phenoxy) is 1. The topological polar surface area (TPSA) is 32.8 Å². The maximum absolute atomic E-state index is 13.2. The molecule has 0 spiro atoms. The molecular formula is C19H20N2O2. The Balaban J connectivity index is 1.81. The molecule has 2 aliphatic heterocycles. The number of carbonyl (C=O) groups is 1. The standard InChI is InChI=1S/C19H20N2O2/c1-20-12-10-14(11-13-20)21-16-7-3-5-9-18(16)23-17-8-4-2-6-15(17)19(21)22/h2-9,14H,10-13H2,1H3. The Bertz CT molecular complexity index is 736. The second-order valence-electron chi connectivity index (χ2n) is 6.28. The van der Waals surface area contributed by atoms with Crippen molar-refractivity contribution in [2.75, 3.05) is 25.0 Å². The lowest BCUT2D eigenvalue weighted by Gasteiger charge is -2.37. The Morgan fingerprint density at radius 2 is 1.61 bits per heavy atom. The van der Waals surface area contributed by atoms with Gasteiger partial charge in [-0.05, 0) is 57.2 Å². The van der Waals surface area contributed by atoms with Crippen LogP contribution in [0.3, 0.4) is 0 Å². The molecule has 2 aromatic carbocycles. The molecule has 2 aromatic rings. The van der Waals surface area contributed by atoms with Gasteiger partial charge in [0.15, 0.2) is 5.75 Å². The summed E-state index contributed by atoms with van der Waals surface area (Å²) in [6.07, 6.45) is 1.97. The minimum Gasteiger partial charge on any atom is -0.454 e. The maximum atomic E-state index is 13.2. The number of rotatable bonds is 1. The number of likely N-dealkylation sites (tertiary alicyclic amines) is 1. The lowest BCUT2D eigenvalue weighted by atomic mass is 10.0. The van der Waals surface area contributed by atoms with Gasteiger partial charge in [-0.25, -0.2) is 0 Å². The number of piperidine rings is 1. The molecule has 4 rings (SSSR count). The number of para-hydroxylation sites is 3. The van der Waals surface area contributed by atoms with Gasteiger partial charge >= 0.3 is 0 Å². The van der Waals surface area contributed by atoms with E-state index in [0.717, 1.165) is 37.4 Å². The number of nitrogens with zero attached hydrogens (tertiary/aromatic N) is 2. The van der Waals surface area contributed by atoms with Gasteiger partial charge in [0, 0.05) is 6.04 Å². The van der Waals surface area contributed by atoms with E-state index in [4.69, 9.17) is 4.74 Å². The van der Waals surface area contributed by atoms with E-state index in [1.165, 1.54) is 0 Å². The van der Waals surface area contributed by atoms with Crippen molar-refractivity contribution < 1.29 is 9.53 Å². The molecule has 0 saturated carbocycles. The zero-order chi connectivity index (χ0) is 15.8. The summed E-state index contributed by atoms with van der Waals surface area (Å²) < 4.78 is 6.04. The summed E-state index contributed by atoms with van der Waals surface area (Å²) in [4.78, 5) is 17.5. The smallest absolute Gasteiger partial charge is 0.262 e. The maximum Gasteiger partial charge on any atom is 0.262 e. The molecule has 1 saturated heterocycles. The number of amides is 1. The van der Waals surface area contributed by atoms with Crippen LogP contribution in [0.4, 0.5) is 5.69 Å². The van der Waals surface area contributed by atoms with E-state index in [9.17, 15) is 4.79 Å². The Morgan fingerprint density at radius 3 is 2.39 bits per heavy atom. The second-order valence-corrected chi connectivity index (χ2v) is 6.28. The minimum atomic E-state index is 0.0418. The number of fused-ring (bicyclic) bond motifs is 2. The first-order valence-electron chi connectivity index (χ1n) is 8.12. The van der Waals surface area contributed by atoms with Crippen LogP contribution in [0.5, 0.6) is 11.5 Å². The van der Waals surface area contributed by atoms with Crippen molar-refractivity contribution in [3.63, 3.8) is 0 Å². The van der Waals surface area contributed by atoms with Gasteiger partial charge in [-0.1, -0.05) is 24.3 Å². The summed E-state index contributed by atoms with van der Waals surface area (Å²) in [7, 11) is 2.13. The minimum absolute atomic E-state index is 0.0418. The van der Waals surface area contributed by atoms with Gasteiger partial charge in [0.25, 0.3) is 5.91 Å². The fourth-order valence-electron chi connectivity index (χ4n) is 3.45. The zero-order valence-corrected chi connectivity index (χ0v) is 13.2. The molecule has 4 heteroatoms. The molecule has 118 valence electrons. The Labute approximate surface area is 136 Å². The third-order valence-electron chi connectivity index (χ3n) is 4.73. The van der Waals surface area contributed by atoms with Crippen LogP contribution in [0, 0.1) is 0 Å². The fourth-order valence-corrected chi connectivity index (χ4v) is 3.45. The number of hydrogen-bond acceptors (Lipinski definition) is 3. The van der Waals surface area contributed by atoms with Crippen LogP contribution in [0.15, 0.2) is 48.5 Å². The van der Waals surface area contributed by atoms with E-state index in [1.807, 2.05) is 53.4 Å². The molecule has 1 fully saturated rings. The predicted molar refractivity (Wildman–Crippen MR) is 90.3 cm³/mol. The first-order valence-corrected chi connectivity index (χ1v) is 8.12. The summed E-state index contributed by atoms with van der Waals surface area (Å²) in [5, 5.41) is 0. The molecule has 0 aromatic heterocycles. The highest BCUT2D eigenvalue weighted by molar-refractivity contribution is 6.10. The summed E-state index contributed by atoms with van der Waals surface area (Å²) in [6, 6.07) is 15.6. The monoisotopic (exact) mass is 308 g/mol. The lowest BCUT2D eigenvalue weighted by molar-refractivity contribution is 0.0964. The fraction of sp³-hybridized carbons (Fsp3) is 0.316. The molecule has 2 heterocycles. The molecule has 0 bridgehead atoms. The zero-order valence-electron chi connectivity index (χ0n) is 13.2. The van der Waals surface area contributed by atoms with Gasteiger partial charge in [-0.2, -0.15) is 0 Å². The Morgan fingerprint density at radius 1 is 0.957 bits per heavy atom. The van der Waals surface area contributed by atoms with Gasteiger partial charge in [-0.3, -0.25) is 4.79 Å². The summed E-state index contributed by atoms with van der Waals surface area (Å²) in [6.45, 7) is 2.03. The van der Waals surface area contributed by atoms with Gasteiger partial charge < -0.3 is 14.5 Å². The summed E-state index contributed by atoms with van der Waals surface area (Å²) >= 11 is 0. The Hall–Kier alpha value is -2.33. The Kier molecular flexibility index (Phi) is 3.54. The second kappa shape index (κ2) is 5.70. The SMILES string of the molecule is CN1CCC(N2C(=O)c3ccccc3Oc3ccccc32)CC1. The van der Waals surface area contributed by atoms with E-state index in [1.54, 1.807) is 0 Å². The molecule has 0 unspecified atom stereocenters.